The summed E-state index contributed by atoms with van der Waals surface area (Å²) in [7, 11) is 0.298. The summed E-state index contributed by atoms with van der Waals surface area (Å²) in [6, 6.07) is 5.08. The van der Waals surface area contributed by atoms with Crippen LogP contribution in [0.4, 0.5) is 4.79 Å². The van der Waals surface area contributed by atoms with Crippen LogP contribution in [0.1, 0.15) is 24.3 Å². The lowest BCUT2D eigenvalue weighted by Gasteiger charge is -2.23. The molecule has 2 aromatic heterocycles. The van der Waals surface area contributed by atoms with Gasteiger partial charge in [-0.05, 0) is 24.6 Å². The molecule has 1 aliphatic heterocycles. The van der Waals surface area contributed by atoms with E-state index in [-0.39, 0.29) is 12.5 Å². The van der Waals surface area contributed by atoms with Crippen LogP contribution in [0.5, 0.6) is 0 Å². The zero-order valence-corrected chi connectivity index (χ0v) is 11.9. The Bertz CT molecular complexity index is 712. The standard InChI is InChI=1S/C13H14N3O3P/c1-2-13(11(18)15-12(19)16-13)10-5-8-9(20-10)4-3-7(6-17)14-8/h3-5,17,20H,2,6H2,1H3,(H2,15,16,18,19)/t13-/m0/s1. The number of hydrogen-bond acceptors (Lipinski definition) is 4. The monoisotopic (exact) mass is 291 g/mol. The van der Waals surface area contributed by atoms with Crippen LogP contribution in [0.15, 0.2) is 18.2 Å². The molecule has 2 atom stereocenters. The first kappa shape index (κ1) is 13.1. The smallest absolute Gasteiger partial charge is 0.322 e. The van der Waals surface area contributed by atoms with Crippen LogP contribution in [-0.2, 0) is 16.9 Å². The van der Waals surface area contributed by atoms with Crippen LogP contribution in [-0.4, -0.2) is 22.0 Å². The Kier molecular flexibility index (Phi) is 3.00. The van der Waals surface area contributed by atoms with Crippen LogP contribution in [0.25, 0.3) is 10.6 Å². The Balaban J connectivity index is 2.13. The van der Waals surface area contributed by atoms with Crippen molar-refractivity contribution in [2.24, 2.45) is 0 Å². The molecule has 0 spiro atoms. The average Bonchev–Trinajstić information content (AvgIpc) is 2.98. The molecule has 0 bridgehead atoms. The van der Waals surface area contributed by atoms with E-state index < -0.39 is 11.6 Å². The van der Waals surface area contributed by atoms with Gasteiger partial charge in [0.1, 0.15) is 5.54 Å². The number of aliphatic hydroxyl groups excluding tert-OH is 1. The quantitative estimate of drug-likeness (QED) is 0.741. The van der Waals surface area contributed by atoms with E-state index in [1.54, 1.807) is 6.07 Å². The SMILES string of the molecule is CC[C@@]1(c2cc3nc(CO)ccc3[pH]2)NC(=O)NC1=O. The minimum Gasteiger partial charge on any atom is -0.390 e. The molecule has 104 valence electrons. The topological polar surface area (TPSA) is 91.3 Å². The number of aliphatic hydroxyl groups is 1. The Morgan fingerprint density at radius 1 is 1.40 bits per heavy atom. The minimum atomic E-state index is -0.963. The van der Waals surface area contributed by atoms with Gasteiger partial charge in [0.15, 0.2) is 0 Å². The summed E-state index contributed by atoms with van der Waals surface area (Å²) in [5, 5.41) is 16.0. The third-order valence-corrected chi connectivity index (χ3v) is 5.16. The maximum Gasteiger partial charge on any atom is 0.322 e. The van der Waals surface area contributed by atoms with Gasteiger partial charge in [-0.25, -0.2) is 4.79 Å². The van der Waals surface area contributed by atoms with Crippen molar-refractivity contribution < 1.29 is 14.7 Å². The number of amides is 3. The molecule has 6 nitrogen and oxygen atoms in total. The normalized spacial score (nSPS) is 22.5. The highest BCUT2D eigenvalue weighted by molar-refractivity contribution is 7.38. The molecule has 0 radical (unpaired) electrons. The van der Waals surface area contributed by atoms with Gasteiger partial charge in [-0.2, -0.15) is 0 Å². The van der Waals surface area contributed by atoms with E-state index in [4.69, 9.17) is 5.11 Å². The number of hydrogen-bond donors (Lipinski definition) is 3. The summed E-state index contributed by atoms with van der Waals surface area (Å²) in [4.78, 5) is 27.9. The first-order chi connectivity index (χ1) is 9.59. The van der Waals surface area contributed by atoms with Crippen molar-refractivity contribution >= 4 is 30.8 Å². The molecule has 0 aliphatic carbocycles. The van der Waals surface area contributed by atoms with Gasteiger partial charge < -0.3 is 10.4 Å². The van der Waals surface area contributed by atoms with Gasteiger partial charge in [0.2, 0.25) is 0 Å². The highest BCUT2D eigenvalue weighted by Gasteiger charge is 2.46. The lowest BCUT2D eigenvalue weighted by atomic mass is 9.94. The summed E-state index contributed by atoms with van der Waals surface area (Å²) in [5.74, 6) is -0.307. The summed E-state index contributed by atoms with van der Waals surface area (Å²) in [5.41, 5.74) is 0.401. The van der Waals surface area contributed by atoms with E-state index in [0.29, 0.717) is 20.3 Å². The number of carbonyl (C=O) groups is 2. The third kappa shape index (κ3) is 1.80. The number of carbonyl (C=O) groups excluding carboxylic acids is 2. The lowest BCUT2D eigenvalue weighted by molar-refractivity contribution is -0.124. The fraction of sp³-hybridized carbons (Fsp3) is 0.308. The minimum absolute atomic E-state index is 0.115. The number of imide groups is 1. The Labute approximate surface area is 116 Å². The summed E-state index contributed by atoms with van der Waals surface area (Å²) >= 11 is 0. The van der Waals surface area contributed by atoms with Gasteiger partial charge in [0, 0.05) is 10.4 Å². The molecule has 2 aromatic rings. The molecule has 1 fully saturated rings. The number of rotatable bonds is 3. The molecule has 7 heteroatoms. The molecule has 0 aromatic carbocycles. The van der Waals surface area contributed by atoms with Gasteiger partial charge >= 0.3 is 6.03 Å². The second kappa shape index (κ2) is 4.58. The van der Waals surface area contributed by atoms with Crippen molar-refractivity contribution in [3.63, 3.8) is 0 Å². The molecular weight excluding hydrogens is 277 g/mol. The summed E-state index contributed by atoms with van der Waals surface area (Å²) in [6.07, 6.45) is 0.490. The van der Waals surface area contributed by atoms with Crippen molar-refractivity contribution in [2.45, 2.75) is 25.5 Å². The molecule has 3 N–H and O–H groups in total. The zero-order chi connectivity index (χ0) is 14.3. The van der Waals surface area contributed by atoms with Crippen LogP contribution in [0, 0.1) is 0 Å². The first-order valence-corrected chi connectivity index (χ1v) is 7.32. The number of nitrogens with one attached hydrogen (secondary N) is 2. The van der Waals surface area contributed by atoms with Gasteiger partial charge in [-0.15, -0.1) is 8.19 Å². The van der Waals surface area contributed by atoms with Crippen molar-refractivity contribution in [1.82, 2.24) is 15.6 Å². The van der Waals surface area contributed by atoms with E-state index in [0.717, 1.165) is 15.9 Å². The largest absolute Gasteiger partial charge is 0.390 e. The first-order valence-electron chi connectivity index (χ1n) is 6.32. The molecular formula is C13H14N3O3P. The van der Waals surface area contributed by atoms with Crippen LogP contribution < -0.4 is 10.6 Å². The van der Waals surface area contributed by atoms with Crippen molar-refractivity contribution in [3.05, 3.63) is 29.2 Å². The molecule has 3 rings (SSSR count). The highest BCUT2D eigenvalue weighted by Crippen LogP contribution is 2.39. The highest BCUT2D eigenvalue weighted by atomic mass is 31.0. The van der Waals surface area contributed by atoms with Crippen molar-refractivity contribution in [1.29, 1.82) is 0 Å². The van der Waals surface area contributed by atoms with E-state index in [9.17, 15) is 9.59 Å². The fourth-order valence-electron chi connectivity index (χ4n) is 2.49. The second-order valence-electron chi connectivity index (χ2n) is 4.74. The van der Waals surface area contributed by atoms with E-state index >= 15 is 0 Å². The van der Waals surface area contributed by atoms with Crippen LogP contribution in [0.3, 0.4) is 0 Å². The maximum absolute atomic E-state index is 12.1. The molecule has 1 aliphatic rings. The molecule has 0 saturated carbocycles. The van der Waals surface area contributed by atoms with Crippen molar-refractivity contribution in [2.75, 3.05) is 0 Å². The number of aromatic nitrogens is 1. The van der Waals surface area contributed by atoms with E-state index in [1.165, 1.54) is 0 Å². The van der Waals surface area contributed by atoms with E-state index in [2.05, 4.69) is 15.6 Å². The average molecular weight is 291 g/mol. The number of nitrogens with zero attached hydrogens (tertiary/aromatic N) is 1. The van der Waals surface area contributed by atoms with Gasteiger partial charge in [-0.3, -0.25) is 15.1 Å². The van der Waals surface area contributed by atoms with Crippen LogP contribution in [0.2, 0.25) is 0 Å². The Morgan fingerprint density at radius 3 is 2.80 bits per heavy atom. The van der Waals surface area contributed by atoms with Crippen molar-refractivity contribution in [3.8, 4) is 0 Å². The lowest BCUT2D eigenvalue weighted by Crippen LogP contribution is -2.42. The van der Waals surface area contributed by atoms with Gasteiger partial charge in [0.25, 0.3) is 5.91 Å². The van der Waals surface area contributed by atoms with Gasteiger partial charge in [-0.1, -0.05) is 6.92 Å². The number of pyridine rings is 1. The predicted octanol–water partition coefficient (Wildman–Crippen LogP) is 1.20. The molecule has 20 heavy (non-hydrogen) atoms. The predicted molar refractivity (Wildman–Crippen MR) is 75.8 cm³/mol. The Morgan fingerprint density at radius 2 is 2.20 bits per heavy atom. The zero-order valence-electron chi connectivity index (χ0n) is 10.9. The number of fused-ring (bicyclic) bond motifs is 1. The molecule has 1 unspecified atom stereocenters. The number of urea groups is 1. The Hall–Kier alpha value is -1.91. The second-order valence-corrected chi connectivity index (χ2v) is 6.07. The van der Waals surface area contributed by atoms with E-state index in [1.807, 2.05) is 19.1 Å². The van der Waals surface area contributed by atoms with Crippen LogP contribution >= 0.6 is 8.19 Å². The molecule has 1 saturated heterocycles. The van der Waals surface area contributed by atoms with Gasteiger partial charge in [0.05, 0.1) is 17.8 Å². The molecule has 3 amide bonds. The fourth-order valence-corrected chi connectivity index (χ4v) is 3.98. The third-order valence-electron chi connectivity index (χ3n) is 3.63. The summed E-state index contributed by atoms with van der Waals surface area (Å²) < 4.78 is 0. The summed E-state index contributed by atoms with van der Waals surface area (Å²) in [6.45, 7) is 1.75. The molecule has 3 heterocycles. The maximum atomic E-state index is 12.1.